The molecule has 1 aliphatic heterocycles. The molecule has 86 valence electrons. The lowest BCUT2D eigenvalue weighted by Gasteiger charge is -2.21. The first-order valence-electron chi connectivity index (χ1n) is 5.16. The van der Waals surface area contributed by atoms with E-state index in [4.69, 9.17) is 11.6 Å². The molecule has 0 bridgehead atoms. The predicted octanol–water partition coefficient (Wildman–Crippen LogP) is 4.57. The molecule has 1 aromatic carbocycles. The van der Waals surface area contributed by atoms with Crippen molar-refractivity contribution < 1.29 is 4.79 Å². The van der Waals surface area contributed by atoms with Crippen molar-refractivity contribution in [2.24, 2.45) is 0 Å². The third-order valence-corrected chi connectivity index (χ3v) is 5.02. The summed E-state index contributed by atoms with van der Waals surface area (Å²) < 4.78 is 0.597. The van der Waals surface area contributed by atoms with Gasteiger partial charge in [-0.25, -0.2) is 0 Å². The average molecular weight is 320 g/mol. The Morgan fingerprint density at radius 2 is 2.25 bits per heavy atom. The summed E-state index contributed by atoms with van der Waals surface area (Å²) in [5, 5.41) is 0.601. The highest BCUT2D eigenvalue weighted by Gasteiger charge is 2.37. The van der Waals surface area contributed by atoms with Crippen molar-refractivity contribution in [3.05, 3.63) is 33.3 Å². The molecule has 1 fully saturated rings. The van der Waals surface area contributed by atoms with Crippen LogP contribution in [0.3, 0.4) is 0 Å². The molecule has 1 atom stereocenters. The molecule has 0 radical (unpaired) electrons. The Hall–Kier alpha value is 0.01000. The summed E-state index contributed by atoms with van der Waals surface area (Å²) in [5.74, 6) is 1.27. The lowest BCUT2D eigenvalue weighted by molar-refractivity contribution is 0.0949. The third-order valence-electron chi connectivity index (χ3n) is 2.82. The lowest BCUT2D eigenvalue weighted by atomic mass is 9.95. The van der Waals surface area contributed by atoms with Crippen LogP contribution in [0.4, 0.5) is 0 Å². The fraction of sp³-hybridized carbons (Fsp3) is 0.417. The van der Waals surface area contributed by atoms with E-state index in [1.54, 1.807) is 23.9 Å². The Morgan fingerprint density at radius 3 is 2.81 bits per heavy atom. The van der Waals surface area contributed by atoms with Gasteiger partial charge in [-0.05, 0) is 43.7 Å². The molecule has 0 aromatic heterocycles. The standard InChI is InChI=1S/C12H12BrClOS/c1-12(3-2-4-16-12)11(15)8-5-9(13)7-10(14)6-8/h5-7H,2-4H2,1H3. The number of Topliss-reactive ketones (excluding diaryl/α,β-unsaturated/α-hetero) is 1. The molecule has 1 aromatic rings. The molecule has 0 N–H and O–H groups in total. The molecule has 1 aliphatic rings. The number of benzene rings is 1. The average Bonchev–Trinajstić information content (AvgIpc) is 2.64. The Labute approximate surface area is 113 Å². The monoisotopic (exact) mass is 318 g/mol. The van der Waals surface area contributed by atoms with Crippen molar-refractivity contribution in [2.75, 3.05) is 5.75 Å². The number of thioether (sulfide) groups is 1. The molecule has 0 aliphatic carbocycles. The van der Waals surface area contributed by atoms with Crippen LogP contribution in [-0.4, -0.2) is 16.3 Å². The molecule has 0 spiro atoms. The number of hydrogen-bond donors (Lipinski definition) is 0. The smallest absolute Gasteiger partial charge is 0.178 e. The summed E-state index contributed by atoms with van der Waals surface area (Å²) in [7, 11) is 0. The Kier molecular flexibility index (Phi) is 3.67. The number of carbonyl (C=O) groups excluding carboxylic acids is 1. The predicted molar refractivity (Wildman–Crippen MR) is 73.6 cm³/mol. The Morgan fingerprint density at radius 1 is 1.50 bits per heavy atom. The fourth-order valence-electron chi connectivity index (χ4n) is 1.95. The van der Waals surface area contributed by atoms with Crippen LogP contribution in [-0.2, 0) is 0 Å². The zero-order valence-corrected chi connectivity index (χ0v) is 12.1. The van der Waals surface area contributed by atoms with Gasteiger partial charge in [0.15, 0.2) is 5.78 Å². The van der Waals surface area contributed by atoms with E-state index in [0.717, 1.165) is 23.1 Å². The lowest BCUT2D eigenvalue weighted by Crippen LogP contribution is -2.28. The largest absolute Gasteiger partial charge is 0.293 e. The maximum Gasteiger partial charge on any atom is 0.178 e. The maximum atomic E-state index is 12.4. The summed E-state index contributed by atoms with van der Waals surface area (Å²) in [5.41, 5.74) is 0.705. The first-order chi connectivity index (χ1) is 7.51. The van der Waals surface area contributed by atoms with Gasteiger partial charge in [0.2, 0.25) is 0 Å². The second kappa shape index (κ2) is 4.71. The van der Waals surface area contributed by atoms with Crippen LogP contribution in [0.2, 0.25) is 5.02 Å². The highest BCUT2D eigenvalue weighted by atomic mass is 79.9. The molecule has 1 saturated heterocycles. The summed E-state index contributed by atoms with van der Waals surface area (Å²) in [6, 6.07) is 5.39. The van der Waals surface area contributed by atoms with Crippen molar-refractivity contribution in [1.82, 2.24) is 0 Å². The van der Waals surface area contributed by atoms with Crippen LogP contribution in [0.25, 0.3) is 0 Å². The zero-order chi connectivity index (χ0) is 11.8. The van der Waals surface area contributed by atoms with Gasteiger partial charge in [0.25, 0.3) is 0 Å². The van der Waals surface area contributed by atoms with E-state index in [2.05, 4.69) is 15.9 Å². The first kappa shape index (κ1) is 12.5. The third kappa shape index (κ3) is 2.47. The second-order valence-corrected chi connectivity index (χ2v) is 7.12. The van der Waals surface area contributed by atoms with Gasteiger partial charge in [-0.1, -0.05) is 27.5 Å². The highest BCUT2D eigenvalue weighted by Crippen LogP contribution is 2.40. The normalized spacial score (nSPS) is 24.7. The maximum absolute atomic E-state index is 12.4. The number of rotatable bonds is 2. The van der Waals surface area contributed by atoms with Gasteiger partial charge in [-0.3, -0.25) is 4.79 Å². The van der Waals surface area contributed by atoms with E-state index in [9.17, 15) is 4.79 Å². The second-order valence-electron chi connectivity index (χ2n) is 4.17. The molecular weight excluding hydrogens is 308 g/mol. The van der Waals surface area contributed by atoms with Crippen LogP contribution in [0.5, 0.6) is 0 Å². The number of hydrogen-bond acceptors (Lipinski definition) is 2. The number of halogens is 2. The molecule has 1 nitrogen and oxygen atoms in total. The number of ketones is 1. The fourth-order valence-corrected chi connectivity index (χ4v) is 4.09. The van der Waals surface area contributed by atoms with E-state index in [0.29, 0.717) is 10.6 Å². The van der Waals surface area contributed by atoms with Crippen molar-refractivity contribution in [2.45, 2.75) is 24.5 Å². The van der Waals surface area contributed by atoms with Gasteiger partial charge in [-0.2, -0.15) is 0 Å². The number of carbonyl (C=O) groups is 1. The summed E-state index contributed by atoms with van der Waals surface area (Å²) >= 11 is 11.1. The van der Waals surface area contributed by atoms with Crippen LogP contribution < -0.4 is 0 Å². The van der Waals surface area contributed by atoms with Crippen molar-refractivity contribution >= 4 is 45.1 Å². The van der Waals surface area contributed by atoms with E-state index in [1.165, 1.54) is 0 Å². The highest BCUT2D eigenvalue weighted by molar-refractivity contribution is 9.10. The van der Waals surface area contributed by atoms with Crippen molar-refractivity contribution in [1.29, 1.82) is 0 Å². The molecule has 16 heavy (non-hydrogen) atoms. The van der Waals surface area contributed by atoms with Crippen LogP contribution in [0.15, 0.2) is 22.7 Å². The summed E-state index contributed by atoms with van der Waals surface area (Å²) in [6.07, 6.45) is 2.08. The minimum absolute atomic E-state index is 0.193. The van der Waals surface area contributed by atoms with Crippen LogP contribution in [0, 0.1) is 0 Å². The Balaban J connectivity index is 2.33. The molecule has 4 heteroatoms. The molecule has 2 rings (SSSR count). The molecule has 0 saturated carbocycles. The van der Waals surface area contributed by atoms with Gasteiger partial charge < -0.3 is 0 Å². The van der Waals surface area contributed by atoms with Gasteiger partial charge >= 0.3 is 0 Å². The first-order valence-corrected chi connectivity index (χ1v) is 7.32. The van der Waals surface area contributed by atoms with E-state index < -0.39 is 0 Å². The molecule has 1 heterocycles. The van der Waals surface area contributed by atoms with Gasteiger partial charge in [0.1, 0.15) is 0 Å². The molecular formula is C12H12BrClOS. The zero-order valence-electron chi connectivity index (χ0n) is 8.93. The van der Waals surface area contributed by atoms with Crippen LogP contribution >= 0.6 is 39.3 Å². The quantitative estimate of drug-likeness (QED) is 0.743. The van der Waals surface area contributed by atoms with Crippen molar-refractivity contribution in [3.63, 3.8) is 0 Å². The summed E-state index contributed by atoms with van der Waals surface area (Å²) in [4.78, 5) is 12.4. The minimum atomic E-state index is -0.260. The summed E-state index contributed by atoms with van der Waals surface area (Å²) in [6.45, 7) is 2.03. The van der Waals surface area contributed by atoms with E-state index >= 15 is 0 Å². The topological polar surface area (TPSA) is 17.1 Å². The molecule has 0 amide bonds. The van der Waals surface area contributed by atoms with Crippen molar-refractivity contribution in [3.8, 4) is 0 Å². The Bertz CT molecular complexity index is 407. The van der Waals surface area contributed by atoms with Gasteiger partial charge in [-0.15, -0.1) is 11.8 Å². The minimum Gasteiger partial charge on any atom is -0.293 e. The van der Waals surface area contributed by atoms with Gasteiger partial charge in [0, 0.05) is 15.1 Å². The molecule has 1 unspecified atom stereocenters. The van der Waals surface area contributed by atoms with E-state index in [-0.39, 0.29) is 10.5 Å². The van der Waals surface area contributed by atoms with E-state index in [1.807, 2.05) is 13.0 Å². The van der Waals surface area contributed by atoms with Gasteiger partial charge in [0.05, 0.1) is 4.75 Å². The van der Waals surface area contributed by atoms with Crippen LogP contribution in [0.1, 0.15) is 30.1 Å². The SMILES string of the molecule is CC1(C(=O)c2cc(Cl)cc(Br)c2)CCCS1.